The lowest BCUT2D eigenvalue weighted by Gasteiger charge is -2.34. The van der Waals surface area contributed by atoms with Crippen LogP contribution in [0, 0.1) is 18.6 Å². The fourth-order valence-electron chi connectivity index (χ4n) is 4.06. The zero-order chi connectivity index (χ0) is 22.5. The van der Waals surface area contributed by atoms with Gasteiger partial charge in [-0.3, -0.25) is 4.90 Å². The average molecular weight is 438 g/mol. The maximum Gasteiger partial charge on any atom is 0.223 e. The number of piperazine rings is 1. The number of aryl methyl sites for hydroxylation is 1. The predicted molar refractivity (Wildman–Crippen MR) is 123 cm³/mol. The molecule has 1 atom stereocenters. The van der Waals surface area contributed by atoms with E-state index in [2.05, 4.69) is 51.7 Å². The summed E-state index contributed by atoms with van der Waals surface area (Å²) in [5, 5.41) is 6.60. The molecule has 2 aromatic carbocycles. The molecule has 0 saturated carbocycles. The Kier molecular flexibility index (Phi) is 7.07. The molecule has 7 heteroatoms. The molecule has 0 bridgehead atoms. The van der Waals surface area contributed by atoms with E-state index in [-0.39, 0.29) is 0 Å². The van der Waals surface area contributed by atoms with Crippen LogP contribution >= 0.6 is 0 Å². The zero-order valence-electron chi connectivity index (χ0n) is 18.5. The number of nitrogens with zero attached hydrogens (tertiary/aromatic N) is 3. The lowest BCUT2D eigenvalue weighted by Crippen LogP contribution is -2.49. The molecule has 1 aliphatic heterocycles. The van der Waals surface area contributed by atoms with E-state index in [9.17, 15) is 8.78 Å². The highest BCUT2D eigenvalue weighted by Crippen LogP contribution is 2.24. The van der Waals surface area contributed by atoms with Crippen LogP contribution in [0.4, 0.5) is 14.7 Å². The van der Waals surface area contributed by atoms with E-state index in [1.165, 1.54) is 17.7 Å². The van der Waals surface area contributed by atoms with E-state index in [1.54, 1.807) is 6.20 Å². The van der Waals surface area contributed by atoms with Crippen molar-refractivity contribution in [1.82, 2.24) is 20.2 Å². The van der Waals surface area contributed by atoms with Crippen molar-refractivity contribution in [3.05, 3.63) is 77.0 Å². The third-order valence-electron chi connectivity index (χ3n) is 5.82. The van der Waals surface area contributed by atoms with Gasteiger partial charge < -0.3 is 10.6 Å². The number of anilines is 1. The van der Waals surface area contributed by atoms with Gasteiger partial charge in [0.05, 0.1) is 5.69 Å². The van der Waals surface area contributed by atoms with Crippen LogP contribution in [0.5, 0.6) is 0 Å². The SMILES string of the molecule is Cc1cnc(NCCc2cc(F)cc(F)c2)nc1-c1cccc(CN2CCNC[C@@H]2C)c1. The van der Waals surface area contributed by atoms with Crippen molar-refractivity contribution < 1.29 is 8.78 Å². The molecule has 3 aromatic rings. The summed E-state index contributed by atoms with van der Waals surface area (Å²) in [5.74, 6) is -0.628. The molecule has 0 aliphatic carbocycles. The van der Waals surface area contributed by atoms with Crippen molar-refractivity contribution in [3.8, 4) is 11.3 Å². The molecular formula is C25H29F2N5. The molecule has 168 valence electrons. The van der Waals surface area contributed by atoms with Gasteiger partial charge in [0.2, 0.25) is 5.95 Å². The quantitative estimate of drug-likeness (QED) is 0.581. The van der Waals surface area contributed by atoms with Gasteiger partial charge in [-0.2, -0.15) is 0 Å². The normalized spacial score (nSPS) is 16.8. The standard InChI is InChI=1S/C25H29F2N5/c1-17-14-30-25(29-7-6-19-11-22(26)13-23(27)12-19)31-24(17)21-5-3-4-20(10-21)16-32-9-8-28-15-18(32)2/h3-5,10-14,18,28H,6-9,15-16H2,1-2H3,(H,29,30,31)/t18-/m0/s1. The summed E-state index contributed by atoms with van der Waals surface area (Å²) in [5.41, 5.74) is 4.79. The average Bonchev–Trinajstić information content (AvgIpc) is 2.76. The van der Waals surface area contributed by atoms with Gasteiger partial charge in [-0.15, -0.1) is 0 Å². The number of nitrogens with one attached hydrogen (secondary N) is 2. The maximum atomic E-state index is 13.4. The molecule has 0 radical (unpaired) electrons. The maximum absolute atomic E-state index is 13.4. The minimum absolute atomic E-state index is 0.472. The van der Waals surface area contributed by atoms with Gasteiger partial charge in [-0.1, -0.05) is 18.2 Å². The Balaban J connectivity index is 1.45. The van der Waals surface area contributed by atoms with E-state index in [0.29, 0.717) is 30.5 Å². The molecule has 32 heavy (non-hydrogen) atoms. The first kappa shape index (κ1) is 22.3. The summed E-state index contributed by atoms with van der Waals surface area (Å²) in [6, 6.07) is 12.6. The van der Waals surface area contributed by atoms with E-state index < -0.39 is 11.6 Å². The van der Waals surface area contributed by atoms with Crippen molar-refractivity contribution in [1.29, 1.82) is 0 Å². The number of rotatable bonds is 7. The van der Waals surface area contributed by atoms with Crippen LogP contribution in [0.1, 0.15) is 23.6 Å². The van der Waals surface area contributed by atoms with E-state index in [0.717, 1.165) is 49.1 Å². The van der Waals surface area contributed by atoms with E-state index in [1.807, 2.05) is 6.92 Å². The first-order valence-corrected chi connectivity index (χ1v) is 11.0. The van der Waals surface area contributed by atoms with Crippen LogP contribution in [0.25, 0.3) is 11.3 Å². The molecule has 0 unspecified atom stereocenters. The smallest absolute Gasteiger partial charge is 0.223 e. The first-order chi connectivity index (χ1) is 15.5. The Morgan fingerprint density at radius 2 is 1.94 bits per heavy atom. The molecule has 1 saturated heterocycles. The molecule has 2 N–H and O–H groups in total. The number of benzene rings is 2. The first-order valence-electron chi connectivity index (χ1n) is 11.0. The molecule has 1 aromatic heterocycles. The summed E-state index contributed by atoms with van der Waals surface area (Å²) in [6.07, 6.45) is 2.27. The number of aromatic nitrogens is 2. The Morgan fingerprint density at radius 1 is 1.12 bits per heavy atom. The molecule has 1 aliphatic rings. The number of halogens is 2. The third kappa shape index (κ3) is 5.66. The Bertz CT molecular complexity index is 1050. The molecule has 5 nitrogen and oxygen atoms in total. The van der Waals surface area contributed by atoms with Gasteiger partial charge in [-0.25, -0.2) is 18.7 Å². The monoisotopic (exact) mass is 437 g/mol. The molecule has 1 fully saturated rings. The second-order valence-electron chi connectivity index (χ2n) is 8.40. The summed E-state index contributed by atoms with van der Waals surface area (Å²) in [7, 11) is 0. The van der Waals surface area contributed by atoms with Crippen LogP contribution in [0.2, 0.25) is 0 Å². The second kappa shape index (κ2) is 10.1. The third-order valence-corrected chi connectivity index (χ3v) is 5.82. The Hall–Kier alpha value is -2.90. The summed E-state index contributed by atoms with van der Waals surface area (Å²) in [6.45, 7) is 8.72. The van der Waals surface area contributed by atoms with Crippen LogP contribution in [0.15, 0.2) is 48.7 Å². The number of hydrogen-bond donors (Lipinski definition) is 2. The molecule has 2 heterocycles. The van der Waals surface area contributed by atoms with Crippen LogP contribution in [-0.4, -0.2) is 47.1 Å². The topological polar surface area (TPSA) is 53.1 Å². The Morgan fingerprint density at radius 3 is 2.72 bits per heavy atom. The summed E-state index contributed by atoms with van der Waals surface area (Å²) >= 11 is 0. The minimum atomic E-state index is -0.566. The van der Waals surface area contributed by atoms with E-state index >= 15 is 0 Å². The van der Waals surface area contributed by atoms with Crippen molar-refractivity contribution >= 4 is 5.95 Å². The van der Waals surface area contributed by atoms with Gasteiger partial charge in [0, 0.05) is 56.6 Å². The second-order valence-corrected chi connectivity index (χ2v) is 8.40. The Labute approximate surface area is 187 Å². The highest BCUT2D eigenvalue weighted by molar-refractivity contribution is 5.64. The predicted octanol–water partition coefficient (Wildman–Crippen LogP) is 4.18. The molecule has 0 spiro atoms. The minimum Gasteiger partial charge on any atom is -0.354 e. The lowest BCUT2D eigenvalue weighted by atomic mass is 10.0. The van der Waals surface area contributed by atoms with Crippen molar-refractivity contribution in [2.75, 3.05) is 31.5 Å². The lowest BCUT2D eigenvalue weighted by molar-refractivity contribution is 0.165. The van der Waals surface area contributed by atoms with Crippen molar-refractivity contribution in [2.45, 2.75) is 32.9 Å². The summed E-state index contributed by atoms with van der Waals surface area (Å²) < 4.78 is 26.7. The number of hydrogen-bond acceptors (Lipinski definition) is 5. The van der Waals surface area contributed by atoms with Crippen molar-refractivity contribution in [2.24, 2.45) is 0 Å². The van der Waals surface area contributed by atoms with Crippen LogP contribution < -0.4 is 10.6 Å². The fourth-order valence-corrected chi connectivity index (χ4v) is 4.06. The van der Waals surface area contributed by atoms with Gasteiger partial charge in [0.15, 0.2) is 0 Å². The van der Waals surface area contributed by atoms with Crippen molar-refractivity contribution in [3.63, 3.8) is 0 Å². The highest BCUT2D eigenvalue weighted by Gasteiger charge is 2.18. The fraction of sp³-hybridized carbons (Fsp3) is 0.360. The van der Waals surface area contributed by atoms with Gasteiger partial charge in [0.1, 0.15) is 11.6 Å². The van der Waals surface area contributed by atoms with Gasteiger partial charge in [0.25, 0.3) is 0 Å². The van der Waals surface area contributed by atoms with Gasteiger partial charge in [-0.05, 0) is 55.2 Å². The van der Waals surface area contributed by atoms with E-state index in [4.69, 9.17) is 4.98 Å². The van der Waals surface area contributed by atoms with Crippen LogP contribution in [0.3, 0.4) is 0 Å². The zero-order valence-corrected chi connectivity index (χ0v) is 18.5. The summed E-state index contributed by atoms with van der Waals surface area (Å²) in [4.78, 5) is 11.6. The van der Waals surface area contributed by atoms with Crippen LogP contribution in [-0.2, 0) is 13.0 Å². The highest BCUT2D eigenvalue weighted by atomic mass is 19.1. The molecule has 0 amide bonds. The molecule has 4 rings (SSSR count). The largest absolute Gasteiger partial charge is 0.354 e. The molecular weight excluding hydrogens is 408 g/mol. The van der Waals surface area contributed by atoms with Gasteiger partial charge >= 0.3 is 0 Å².